The maximum absolute atomic E-state index is 9.13. The van der Waals surface area contributed by atoms with Crippen LogP contribution in [0.3, 0.4) is 0 Å². The second kappa shape index (κ2) is 3.32. The molecular formula is C7H15NO2. The molecule has 3 nitrogen and oxygen atoms in total. The minimum Gasteiger partial charge on any atom is -0.368 e. The van der Waals surface area contributed by atoms with Crippen LogP contribution in [0.25, 0.3) is 0 Å². The monoisotopic (exact) mass is 145 g/mol. The molecule has 1 aliphatic rings. The van der Waals surface area contributed by atoms with Crippen LogP contribution in [0.5, 0.6) is 0 Å². The molecule has 2 unspecified atom stereocenters. The molecule has 1 N–H and O–H groups in total. The number of hydrogen-bond acceptors (Lipinski definition) is 3. The maximum atomic E-state index is 9.13. The van der Waals surface area contributed by atoms with Gasteiger partial charge in [-0.3, -0.25) is 0 Å². The Balaban J connectivity index is 2.41. The number of nitrogens with zero attached hydrogens (tertiary/aromatic N) is 1. The van der Waals surface area contributed by atoms with Gasteiger partial charge in [0.05, 0.1) is 6.61 Å². The van der Waals surface area contributed by atoms with Crippen LogP contribution in [-0.2, 0) is 4.74 Å². The normalized spacial score (nSPS) is 37.5. The maximum Gasteiger partial charge on any atom is 0.156 e. The standard InChI is InChI=1S/C7H15NO2/c1-6-5-7(9)10-4-3-8(6)2/h6-7,9H,3-5H2,1-2H3. The zero-order valence-electron chi connectivity index (χ0n) is 6.58. The van der Waals surface area contributed by atoms with Gasteiger partial charge in [-0.2, -0.15) is 0 Å². The van der Waals surface area contributed by atoms with Gasteiger partial charge in [0.2, 0.25) is 0 Å². The number of aliphatic hydroxyl groups is 1. The zero-order valence-corrected chi connectivity index (χ0v) is 6.58. The summed E-state index contributed by atoms with van der Waals surface area (Å²) in [5.74, 6) is 0. The predicted octanol–water partition coefficient (Wildman–Crippen LogP) is 0.0454. The Bertz CT molecular complexity index is 108. The van der Waals surface area contributed by atoms with Gasteiger partial charge in [-0.15, -0.1) is 0 Å². The molecule has 10 heavy (non-hydrogen) atoms. The Labute approximate surface area is 61.6 Å². The van der Waals surface area contributed by atoms with Gasteiger partial charge in [0.1, 0.15) is 0 Å². The summed E-state index contributed by atoms with van der Waals surface area (Å²) in [5.41, 5.74) is 0. The second-order valence-electron chi connectivity index (χ2n) is 2.89. The SMILES string of the molecule is CC1CC(O)OCCN1C. The summed E-state index contributed by atoms with van der Waals surface area (Å²) in [4.78, 5) is 2.19. The number of hydrogen-bond donors (Lipinski definition) is 1. The fourth-order valence-corrected chi connectivity index (χ4v) is 1.09. The molecule has 0 aliphatic carbocycles. The van der Waals surface area contributed by atoms with Gasteiger partial charge in [0.25, 0.3) is 0 Å². The van der Waals surface area contributed by atoms with Crippen LogP contribution < -0.4 is 0 Å². The van der Waals surface area contributed by atoms with Gasteiger partial charge in [-0.05, 0) is 14.0 Å². The van der Waals surface area contributed by atoms with Gasteiger partial charge in [-0.25, -0.2) is 0 Å². The first kappa shape index (κ1) is 7.98. The minimum atomic E-state index is -0.556. The highest BCUT2D eigenvalue weighted by molar-refractivity contribution is 4.67. The lowest BCUT2D eigenvalue weighted by molar-refractivity contribution is -0.0944. The molecule has 3 heteroatoms. The Hall–Kier alpha value is -0.120. The molecule has 1 aliphatic heterocycles. The molecule has 1 saturated heterocycles. The van der Waals surface area contributed by atoms with Crippen LogP contribution >= 0.6 is 0 Å². The molecule has 0 amide bonds. The first-order chi connectivity index (χ1) is 4.70. The van der Waals surface area contributed by atoms with E-state index in [1.165, 1.54) is 0 Å². The van der Waals surface area contributed by atoms with Crippen molar-refractivity contribution in [3.8, 4) is 0 Å². The van der Waals surface area contributed by atoms with E-state index >= 15 is 0 Å². The van der Waals surface area contributed by atoms with Crippen molar-refractivity contribution in [2.45, 2.75) is 25.7 Å². The number of ether oxygens (including phenoxy) is 1. The van der Waals surface area contributed by atoms with Crippen LogP contribution in [0.4, 0.5) is 0 Å². The lowest BCUT2D eigenvalue weighted by Gasteiger charge is -2.20. The summed E-state index contributed by atoms with van der Waals surface area (Å²) in [6.45, 7) is 3.65. The van der Waals surface area contributed by atoms with E-state index in [-0.39, 0.29) is 0 Å². The summed E-state index contributed by atoms with van der Waals surface area (Å²) in [6, 6.07) is 0.428. The quantitative estimate of drug-likeness (QED) is 0.522. The van der Waals surface area contributed by atoms with Crippen molar-refractivity contribution in [1.29, 1.82) is 0 Å². The first-order valence-corrected chi connectivity index (χ1v) is 3.70. The van der Waals surface area contributed by atoms with Crippen molar-refractivity contribution < 1.29 is 9.84 Å². The van der Waals surface area contributed by atoms with E-state index in [4.69, 9.17) is 9.84 Å². The number of aliphatic hydroxyl groups excluding tert-OH is 1. The number of likely N-dealkylation sites (N-methyl/N-ethyl adjacent to an activating group) is 1. The van der Waals surface area contributed by atoms with Crippen LogP contribution in [0.15, 0.2) is 0 Å². The van der Waals surface area contributed by atoms with Gasteiger partial charge in [0.15, 0.2) is 6.29 Å². The molecule has 0 aromatic rings. The molecule has 1 fully saturated rings. The van der Waals surface area contributed by atoms with Gasteiger partial charge < -0.3 is 14.7 Å². The minimum absolute atomic E-state index is 0.428. The van der Waals surface area contributed by atoms with E-state index in [1.807, 2.05) is 7.05 Å². The van der Waals surface area contributed by atoms with Crippen molar-refractivity contribution in [3.05, 3.63) is 0 Å². The van der Waals surface area contributed by atoms with E-state index < -0.39 is 6.29 Å². The Morgan fingerprint density at radius 1 is 1.60 bits per heavy atom. The van der Waals surface area contributed by atoms with E-state index in [0.717, 1.165) is 13.0 Å². The van der Waals surface area contributed by atoms with Gasteiger partial charge >= 0.3 is 0 Å². The van der Waals surface area contributed by atoms with Crippen LogP contribution in [0, 0.1) is 0 Å². The lowest BCUT2D eigenvalue weighted by atomic mass is 10.2. The molecule has 2 atom stereocenters. The summed E-state index contributed by atoms with van der Waals surface area (Å²) in [7, 11) is 2.05. The summed E-state index contributed by atoms with van der Waals surface area (Å²) >= 11 is 0. The molecule has 0 aromatic heterocycles. The van der Waals surface area contributed by atoms with E-state index in [0.29, 0.717) is 12.6 Å². The van der Waals surface area contributed by atoms with Gasteiger partial charge in [0, 0.05) is 19.0 Å². The highest BCUT2D eigenvalue weighted by Gasteiger charge is 2.18. The average Bonchev–Trinajstić information content (AvgIpc) is 1.96. The van der Waals surface area contributed by atoms with Crippen LogP contribution in [0.2, 0.25) is 0 Å². The van der Waals surface area contributed by atoms with E-state index in [2.05, 4.69) is 11.8 Å². The Morgan fingerprint density at radius 3 is 3.00 bits per heavy atom. The molecule has 1 rings (SSSR count). The summed E-state index contributed by atoms with van der Waals surface area (Å²) in [5, 5.41) is 9.13. The third kappa shape index (κ3) is 1.94. The average molecular weight is 145 g/mol. The van der Waals surface area contributed by atoms with Crippen molar-refractivity contribution in [3.63, 3.8) is 0 Å². The second-order valence-corrected chi connectivity index (χ2v) is 2.89. The highest BCUT2D eigenvalue weighted by Crippen LogP contribution is 2.09. The fourth-order valence-electron chi connectivity index (χ4n) is 1.09. The Morgan fingerprint density at radius 2 is 2.30 bits per heavy atom. The first-order valence-electron chi connectivity index (χ1n) is 3.70. The van der Waals surface area contributed by atoms with Crippen molar-refractivity contribution in [2.24, 2.45) is 0 Å². The molecule has 0 radical (unpaired) electrons. The molecule has 1 heterocycles. The van der Waals surface area contributed by atoms with Crippen LogP contribution in [0.1, 0.15) is 13.3 Å². The molecular weight excluding hydrogens is 130 g/mol. The van der Waals surface area contributed by atoms with Crippen molar-refractivity contribution >= 4 is 0 Å². The van der Waals surface area contributed by atoms with Crippen molar-refractivity contribution in [2.75, 3.05) is 20.2 Å². The van der Waals surface area contributed by atoms with Gasteiger partial charge in [-0.1, -0.05) is 0 Å². The molecule has 60 valence electrons. The molecule has 0 saturated carbocycles. The molecule has 0 spiro atoms. The smallest absolute Gasteiger partial charge is 0.156 e. The predicted molar refractivity (Wildman–Crippen MR) is 38.7 cm³/mol. The van der Waals surface area contributed by atoms with E-state index in [1.54, 1.807) is 0 Å². The third-order valence-corrected chi connectivity index (χ3v) is 2.05. The molecule has 0 aromatic carbocycles. The van der Waals surface area contributed by atoms with Crippen LogP contribution in [-0.4, -0.2) is 42.5 Å². The highest BCUT2D eigenvalue weighted by atomic mass is 16.6. The number of rotatable bonds is 0. The summed E-state index contributed by atoms with van der Waals surface area (Å²) in [6.07, 6.45) is 0.163. The van der Waals surface area contributed by atoms with E-state index in [9.17, 15) is 0 Å². The summed E-state index contributed by atoms with van der Waals surface area (Å²) < 4.78 is 5.06. The topological polar surface area (TPSA) is 32.7 Å². The zero-order chi connectivity index (χ0) is 7.56. The molecule has 0 bridgehead atoms. The lowest BCUT2D eigenvalue weighted by Crippen LogP contribution is -2.30. The third-order valence-electron chi connectivity index (χ3n) is 2.05. The largest absolute Gasteiger partial charge is 0.368 e. The fraction of sp³-hybridized carbons (Fsp3) is 1.00. The Kier molecular flexibility index (Phi) is 2.65. The van der Waals surface area contributed by atoms with Crippen molar-refractivity contribution in [1.82, 2.24) is 4.90 Å².